The maximum absolute atomic E-state index is 5.74. The Hall–Kier alpha value is -1.26. The molecule has 0 radical (unpaired) electrons. The van der Waals surface area contributed by atoms with Crippen molar-refractivity contribution < 1.29 is 8.83 Å². The van der Waals surface area contributed by atoms with Gasteiger partial charge in [0.25, 0.3) is 0 Å². The average molecular weight is 199 g/mol. The first-order valence-corrected chi connectivity index (χ1v) is 4.07. The number of hydrogen-bond acceptors (Lipinski definition) is 4. The van der Waals surface area contributed by atoms with Gasteiger partial charge in [0.05, 0.1) is 24.6 Å². The lowest BCUT2D eigenvalue weighted by atomic mass is 10.3. The van der Waals surface area contributed by atoms with E-state index in [1.165, 1.54) is 6.26 Å². The maximum atomic E-state index is 5.74. The molecule has 13 heavy (non-hydrogen) atoms. The van der Waals surface area contributed by atoms with E-state index in [-0.39, 0.29) is 6.54 Å². The predicted octanol–water partition coefficient (Wildman–Crippen LogP) is 2.05. The van der Waals surface area contributed by atoms with Gasteiger partial charge in [-0.1, -0.05) is 0 Å². The van der Waals surface area contributed by atoms with Gasteiger partial charge in [-0.2, -0.15) is 0 Å². The van der Waals surface area contributed by atoms with E-state index in [9.17, 15) is 0 Å². The third kappa shape index (κ3) is 1.46. The van der Waals surface area contributed by atoms with Gasteiger partial charge < -0.3 is 14.6 Å². The summed E-state index contributed by atoms with van der Waals surface area (Å²) in [4.78, 5) is 3.94. The summed E-state index contributed by atoms with van der Waals surface area (Å²) in [6.07, 6.45) is 3.06. The first-order chi connectivity index (χ1) is 6.31. The van der Waals surface area contributed by atoms with Gasteiger partial charge in [0.1, 0.15) is 0 Å². The Morgan fingerprint density at radius 3 is 2.92 bits per heavy atom. The van der Waals surface area contributed by atoms with E-state index in [4.69, 9.17) is 26.2 Å². The third-order valence-corrected chi connectivity index (χ3v) is 1.90. The molecule has 2 aromatic heterocycles. The normalized spacial score (nSPS) is 10.6. The summed E-state index contributed by atoms with van der Waals surface area (Å²) in [5.74, 6) is 1.05. The molecular weight excluding hydrogens is 192 g/mol. The fourth-order valence-electron chi connectivity index (χ4n) is 0.999. The second-order valence-electron chi connectivity index (χ2n) is 2.43. The average Bonchev–Trinajstić information content (AvgIpc) is 2.71. The second-order valence-corrected chi connectivity index (χ2v) is 2.77. The van der Waals surface area contributed by atoms with Gasteiger partial charge in [-0.3, -0.25) is 0 Å². The summed E-state index contributed by atoms with van der Waals surface area (Å²) in [6, 6.07) is 1.71. The SMILES string of the molecule is NCc1ncc(-c2ccoc2Cl)o1. The monoisotopic (exact) mass is 198 g/mol. The first kappa shape index (κ1) is 8.34. The summed E-state index contributed by atoms with van der Waals surface area (Å²) in [7, 11) is 0. The van der Waals surface area contributed by atoms with Crippen molar-refractivity contribution in [1.29, 1.82) is 0 Å². The first-order valence-electron chi connectivity index (χ1n) is 3.69. The lowest BCUT2D eigenvalue weighted by Gasteiger charge is -1.89. The number of rotatable bonds is 2. The zero-order chi connectivity index (χ0) is 9.26. The maximum Gasteiger partial charge on any atom is 0.208 e. The molecule has 2 aromatic rings. The molecule has 2 heterocycles. The van der Waals surface area contributed by atoms with E-state index in [0.29, 0.717) is 22.4 Å². The number of oxazole rings is 1. The smallest absolute Gasteiger partial charge is 0.208 e. The molecule has 0 saturated carbocycles. The quantitative estimate of drug-likeness (QED) is 0.802. The van der Waals surface area contributed by atoms with Crippen molar-refractivity contribution in [3.8, 4) is 11.3 Å². The number of aromatic nitrogens is 1. The molecule has 0 spiro atoms. The third-order valence-electron chi connectivity index (χ3n) is 1.61. The fraction of sp³-hybridized carbons (Fsp3) is 0.125. The summed E-state index contributed by atoms with van der Waals surface area (Å²) in [5.41, 5.74) is 6.03. The molecule has 0 amide bonds. The van der Waals surface area contributed by atoms with Crippen molar-refractivity contribution in [2.24, 2.45) is 5.73 Å². The highest BCUT2D eigenvalue weighted by atomic mass is 35.5. The van der Waals surface area contributed by atoms with Gasteiger partial charge in [0, 0.05) is 0 Å². The van der Waals surface area contributed by atoms with Gasteiger partial charge in [0.15, 0.2) is 5.76 Å². The van der Waals surface area contributed by atoms with Gasteiger partial charge in [-0.05, 0) is 17.7 Å². The summed E-state index contributed by atoms with van der Waals surface area (Å²) in [6.45, 7) is 0.273. The zero-order valence-corrected chi connectivity index (χ0v) is 7.41. The number of nitrogens with zero attached hydrogens (tertiary/aromatic N) is 1. The van der Waals surface area contributed by atoms with E-state index >= 15 is 0 Å². The van der Waals surface area contributed by atoms with Crippen molar-refractivity contribution in [2.75, 3.05) is 0 Å². The molecule has 0 aliphatic rings. The molecule has 5 heteroatoms. The van der Waals surface area contributed by atoms with Gasteiger partial charge >= 0.3 is 0 Å². The Morgan fingerprint density at radius 1 is 1.54 bits per heavy atom. The van der Waals surface area contributed by atoms with Crippen LogP contribution in [0, 0.1) is 0 Å². The summed E-state index contributed by atoms with van der Waals surface area (Å²) in [5, 5.41) is 0.291. The minimum Gasteiger partial charge on any atom is -0.452 e. The minimum atomic E-state index is 0.273. The van der Waals surface area contributed by atoms with Crippen LogP contribution < -0.4 is 5.73 Å². The van der Waals surface area contributed by atoms with Crippen LogP contribution in [0.25, 0.3) is 11.3 Å². The molecule has 0 aliphatic carbocycles. The molecular formula is C8H7ClN2O2. The van der Waals surface area contributed by atoms with Crippen molar-refractivity contribution in [3.63, 3.8) is 0 Å². The van der Waals surface area contributed by atoms with Crippen LogP contribution in [-0.2, 0) is 6.54 Å². The van der Waals surface area contributed by atoms with Gasteiger partial charge in [0.2, 0.25) is 11.1 Å². The lowest BCUT2D eigenvalue weighted by Crippen LogP contribution is -1.94. The summed E-state index contributed by atoms with van der Waals surface area (Å²) >= 11 is 5.74. The highest BCUT2D eigenvalue weighted by Crippen LogP contribution is 2.28. The molecule has 0 saturated heterocycles. The van der Waals surface area contributed by atoms with E-state index in [1.54, 1.807) is 12.3 Å². The second kappa shape index (κ2) is 3.24. The van der Waals surface area contributed by atoms with E-state index in [0.717, 1.165) is 0 Å². The highest BCUT2D eigenvalue weighted by Gasteiger charge is 2.10. The van der Waals surface area contributed by atoms with Crippen molar-refractivity contribution >= 4 is 11.6 Å². The Kier molecular flexibility index (Phi) is 2.08. The van der Waals surface area contributed by atoms with Crippen molar-refractivity contribution in [2.45, 2.75) is 6.54 Å². The predicted molar refractivity (Wildman–Crippen MR) is 47.1 cm³/mol. The van der Waals surface area contributed by atoms with E-state index in [1.807, 2.05) is 0 Å². The lowest BCUT2D eigenvalue weighted by molar-refractivity contribution is 0.508. The van der Waals surface area contributed by atoms with Crippen LogP contribution in [0.5, 0.6) is 0 Å². The largest absolute Gasteiger partial charge is 0.452 e. The number of nitrogens with two attached hydrogens (primary N) is 1. The molecule has 0 fully saturated rings. The molecule has 0 unspecified atom stereocenters. The summed E-state index contributed by atoms with van der Waals surface area (Å²) < 4.78 is 10.2. The molecule has 68 valence electrons. The Labute approximate surface area is 79.3 Å². The Bertz CT molecular complexity index is 408. The minimum absolute atomic E-state index is 0.273. The molecule has 0 aliphatic heterocycles. The van der Waals surface area contributed by atoms with Crippen LogP contribution in [0.15, 0.2) is 27.4 Å². The standard InChI is InChI=1S/C8H7ClN2O2/c9-8-5(1-2-12-8)6-4-11-7(3-10)13-6/h1-2,4H,3,10H2. The van der Waals surface area contributed by atoms with Crippen LogP contribution >= 0.6 is 11.6 Å². The highest BCUT2D eigenvalue weighted by molar-refractivity contribution is 6.31. The molecule has 2 N–H and O–H groups in total. The van der Waals surface area contributed by atoms with Gasteiger partial charge in [-0.15, -0.1) is 0 Å². The number of hydrogen-bond donors (Lipinski definition) is 1. The van der Waals surface area contributed by atoms with Gasteiger partial charge in [-0.25, -0.2) is 4.98 Å². The topological polar surface area (TPSA) is 65.2 Å². The van der Waals surface area contributed by atoms with Crippen LogP contribution in [0.3, 0.4) is 0 Å². The number of halogens is 1. The van der Waals surface area contributed by atoms with Crippen LogP contribution in [0.4, 0.5) is 0 Å². The van der Waals surface area contributed by atoms with Crippen LogP contribution in [0.1, 0.15) is 5.89 Å². The van der Waals surface area contributed by atoms with Crippen molar-refractivity contribution in [3.05, 3.63) is 29.6 Å². The van der Waals surface area contributed by atoms with Crippen LogP contribution in [-0.4, -0.2) is 4.98 Å². The molecule has 0 bridgehead atoms. The Morgan fingerprint density at radius 2 is 2.38 bits per heavy atom. The molecule has 0 atom stereocenters. The van der Waals surface area contributed by atoms with Crippen LogP contribution in [0.2, 0.25) is 5.22 Å². The molecule has 0 aromatic carbocycles. The number of furan rings is 1. The molecule has 2 rings (SSSR count). The molecule has 4 nitrogen and oxygen atoms in total. The van der Waals surface area contributed by atoms with Crippen molar-refractivity contribution in [1.82, 2.24) is 4.98 Å². The van der Waals surface area contributed by atoms with E-state index in [2.05, 4.69) is 4.98 Å². The zero-order valence-electron chi connectivity index (χ0n) is 6.66. The van der Waals surface area contributed by atoms with E-state index < -0.39 is 0 Å². The fourth-order valence-corrected chi connectivity index (χ4v) is 1.21. The Balaban J connectivity index is 2.41.